The van der Waals surface area contributed by atoms with Gasteiger partial charge in [-0.05, 0) is 13.8 Å². The number of esters is 2. The van der Waals surface area contributed by atoms with E-state index in [1.54, 1.807) is 20.8 Å². The molecule has 0 rings (SSSR count). The van der Waals surface area contributed by atoms with Gasteiger partial charge in [-0.1, -0.05) is 6.92 Å². The van der Waals surface area contributed by atoms with Crippen molar-refractivity contribution in [1.82, 2.24) is 0 Å². The fourth-order valence-corrected chi connectivity index (χ4v) is 1.45. The molecular weight excluding hydrogens is 242 g/mol. The molecule has 0 fully saturated rings. The van der Waals surface area contributed by atoms with Crippen molar-refractivity contribution in [1.29, 1.82) is 0 Å². The van der Waals surface area contributed by atoms with E-state index in [2.05, 4.69) is 0 Å². The summed E-state index contributed by atoms with van der Waals surface area (Å²) in [6.45, 7) is 5.06. The van der Waals surface area contributed by atoms with E-state index < -0.39 is 28.8 Å². The zero-order valence-corrected chi connectivity index (χ0v) is 10.9. The zero-order chi connectivity index (χ0) is 14.1. The molecular formula is C11H19NO6. The highest BCUT2D eigenvalue weighted by Crippen LogP contribution is 2.15. The molecule has 0 saturated carbocycles. The molecule has 0 aromatic carbocycles. The molecule has 0 saturated heterocycles. The normalized spacial score (nSPS) is 12.0. The van der Waals surface area contributed by atoms with E-state index in [1.165, 1.54) is 0 Å². The van der Waals surface area contributed by atoms with Crippen molar-refractivity contribution in [2.75, 3.05) is 13.2 Å². The lowest BCUT2D eigenvalue weighted by molar-refractivity contribution is -0.524. The molecule has 0 aliphatic rings. The first kappa shape index (κ1) is 16.3. The minimum Gasteiger partial charge on any atom is -0.465 e. The van der Waals surface area contributed by atoms with Crippen LogP contribution >= 0.6 is 0 Å². The summed E-state index contributed by atoms with van der Waals surface area (Å²) < 4.78 is 9.47. The third-order valence-corrected chi connectivity index (χ3v) is 2.42. The van der Waals surface area contributed by atoms with Gasteiger partial charge in [0, 0.05) is 17.8 Å². The molecule has 0 spiro atoms. The van der Waals surface area contributed by atoms with Crippen molar-refractivity contribution in [3.05, 3.63) is 10.1 Å². The first-order valence-corrected chi connectivity index (χ1v) is 5.94. The van der Waals surface area contributed by atoms with E-state index in [0.29, 0.717) is 0 Å². The van der Waals surface area contributed by atoms with Crippen molar-refractivity contribution < 1.29 is 24.0 Å². The first-order chi connectivity index (χ1) is 8.47. The van der Waals surface area contributed by atoms with Gasteiger partial charge in [-0.3, -0.25) is 19.7 Å². The zero-order valence-electron chi connectivity index (χ0n) is 10.9. The average molecular weight is 261 g/mol. The first-order valence-electron chi connectivity index (χ1n) is 5.94. The molecule has 0 aliphatic carbocycles. The summed E-state index contributed by atoms with van der Waals surface area (Å²) in [6, 6.07) is -0.955. The highest BCUT2D eigenvalue weighted by atomic mass is 16.6. The lowest BCUT2D eigenvalue weighted by Gasteiger charge is -2.15. The monoisotopic (exact) mass is 261 g/mol. The Morgan fingerprint density at radius 2 is 1.56 bits per heavy atom. The number of nitro groups is 1. The minimum atomic E-state index is -1.22. The summed E-state index contributed by atoms with van der Waals surface area (Å²) in [5.74, 6) is -2.76. The predicted octanol–water partition coefficient (Wildman–Crippen LogP) is 1.17. The molecule has 0 aromatic rings. The van der Waals surface area contributed by atoms with Gasteiger partial charge in [-0.2, -0.15) is 0 Å². The minimum absolute atomic E-state index is 0.115. The van der Waals surface area contributed by atoms with Crippen LogP contribution in [-0.4, -0.2) is 36.1 Å². The second kappa shape index (κ2) is 8.43. The maximum Gasteiger partial charge on any atom is 0.320 e. The predicted molar refractivity (Wildman–Crippen MR) is 62.4 cm³/mol. The highest BCUT2D eigenvalue weighted by Gasteiger charge is 2.35. The van der Waals surface area contributed by atoms with Crippen LogP contribution in [0.5, 0.6) is 0 Å². The van der Waals surface area contributed by atoms with E-state index in [1.807, 2.05) is 0 Å². The smallest absolute Gasteiger partial charge is 0.320 e. The van der Waals surface area contributed by atoms with E-state index in [0.717, 1.165) is 0 Å². The SMILES string of the molecule is CCOC(=O)C(CC(CC)[N+](=O)[O-])C(=O)OCC. The van der Waals surface area contributed by atoms with Crippen LogP contribution in [-0.2, 0) is 19.1 Å². The summed E-state index contributed by atoms with van der Waals surface area (Å²) in [5, 5.41) is 10.7. The Kier molecular flexibility index (Phi) is 7.66. The fraction of sp³-hybridized carbons (Fsp3) is 0.818. The van der Waals surface area contributed by atoms with Gasteiger partial charge in [0.05, 0.1) is 13.2 Å². The van der Waals surface area contributed by atoms with Crippen LogP contribution in [0.25, 0.3) is 0 Å². The molecule has 0 amide bonds. The standard InChI is InChI=1S/C11H19NO6/c1-4-8(12(15)16)7-9(10(13)17-5-2)11(14)18-6-3/h8-9H,4-7H2,1-3H3. The van der Waals surface area contributed by atoms with E-state index >= 15 is 0 Å². The molecule has 104 valence electrons. The maximum absolute atomic E-state index is 11.6. The Morgan fingerprint density at radius 3 is 1.83 bits per heavy atom. The Morgan fingerprint density at radius 1 is 1.11 bits per heavy atom. The van der Waals surface area contributed by atoms with Crippen LogP contribution in [0.1, 0.15) is 33.6 Å². The van der Waals surface area contributed by atoms with Gasteiger partial charge in [-0.25, -0.2) is 0 Å². The Labute approximate surface area is 106 Å². The number of carbonyl (C=O) groups excluding carboxylic acids is 2. The van der Waals surface area contributed by atoms with Gasteiger partial charge in [0.2, 0.25) is 6.04 Å². The number of hydrogen-bond donors (Lipinski definition) is 0. The van der Waals surface area contributed by atoms with Crippen molar-refractivity contribution >= 4 is 11.9 Å². The summed E-state index contributed by atoms with van der Waals surface area (Å²) >= 11 is 0. The van der Waals surface area contributed by atoms with Gasteiger partial charge < -0.3 is 9.47 Å². The molecule has 7 nitrogen and oxygen atoms in total. The number of nitrogens with zero attached hydrogens (tertiary/aromatic N) is 1. The van der Waals surface area contributed by atoms with Crippen molar-refractivity contribution in [2.45, 2.75) is 39.7 Å². The fourth-order valence-electron chi connectivity index (χ4n) is 1.45. The number of ether oxygens (including phenoxy) is 2. The van der Waals surface area contributed by atoms with Gasteiger partial charge in [-0.15, -0.1) is 0 Å². The Balaban J connectivity index is 4.80. The molecule has 0 heterocycles. The molecule has 18 heavy (non-hydrogen) atoms. The topological polar surface area (TPSA) is 95.7 Å². The lowest BCUT2D eigenvalue weighted by atomic mass is 9.99. The molecule has 1 atom stereocenters. The van der Waals surface area contributed by atoms with Crippen LogP contribution < -0.4 is 0 Å². The van der Waals surface area contributed by atoms with Crippen LogP contribution in [0.3, 0.4) is 0 Å². The molecule has 7 heteroatoms. The molecule has 0 radical (unpaired) electrons. The Hall–Kier alpha value is -1.66. The van der Waals surface area contributed by atoms with Crippen LogP contribution in [0, 0.1) is 16.0 Å². The third-order valence-electron chi connectivity index (χ3n) is 2.42. The van der Waals surface area contributed by atoms with Gasteiger partial charge in [0.25, 0.3) is 0 Å². The Bertz CT molecular complexity index is 286. The quantitative estimate of drug-likeness (QED) is 0.282. The van der Waals surface area contributed by atoms with E-state index in [4.69, 9.17) is 9.47 Å². The summed E-state index contributed by atoms with van der Waals surface area (Å²) in [7, 11) is 0. The number of hydrogen-bond acceptors (Lipinski definition) is 6. The van der Waals surface area contributed by atoms with Crippen molar-refractivity contribution in [3.8, 4) is 0 Å². The average Bonchev–Trinajstić information content (AvgIpc) is 2.30. The summed E-state index contributed by atoms with van der Waals surface area (Å²) in [6.07, 6.45) is 0.0451. The number of rotatable bonds is 8. The van der Waals surface area contributed by atoms with Crippen LogP contribution in [0.15, 0.2) is 0 Å². The molecule has 0 aliphatic heterocycles. The van der Waals surface area contributed by atoms with Gasteiger partial charge in [0.15, 0.2) is 5.92 Å². The molecule has 0 N–H and O–H groups in total. The van der Waals surface area contributed by atoms with Crippen LogP contribution in [0.2, 0.25) is 0 Å². The third kappa shape index (κ3) is 5.11. The second-order valence-electron chi connectivity index (χ2n) is 3.64. The van der Waals surface area contributed by atoms with Crippen LogP contribution in [0.4, 0.5) is 0 Å². The molecule has 0 aromatic heterocycles. The summed E-state index contributed by atoms with van der Waals surface area (Å²) in [4.78, 5) is 33.4. The lowest BCUT2D eigenvalue weighted by Crippen LogP contribution is -2.34. The number of carbonyl (C=O) groups is 2. The highest BCUT2D eigenvalue weighted by molar-refractivity contribution is 5.94. The van der Waals surface area contributed by atoms with E-state index in [-0.39, 0.29) is 26.1 Å². The molecule has 0 bridgehead atoms. The summed E-state index contributed by atoms with van der Waals surface area (Å²) in [5.41, 5.74) is 0. The van der Waals surface area contributed by atoms with Gasteiger partial charge >= 0.3 is 11.9 Å². The maximum atomic E-state index is 11.6. The van der Waals surface area contributed by atoms with Crippen molar-refractivity contribution in [3.63, 3.8) is 0 Å². The van der Waals surface area contributed by atoms with Crippen molar-refractivity contribution in [2.24, 2.45) is 5.92 Å². The largest absolute Gasteiger partial charge is 0.465 e. The second-order valence-corrected chi connectivity index (χ2v) is 3.64. The van der Waals surface area contributed by atoms with Gasteiger partial charge in [0.1, 0.15) is 0 Å². The van der Waals surface area contributed by atoms with E-state index in [9.17, 15) is 19.7 Å². The molecule has 1 unspecified atom stereocenters.